The maximum atomic E-state index is 14.1. The highest BCUT2D eigenvalue weighted by molar-refractivity contribution is 7.88. The van der Waals surface area contributed by atoms with Gasteiger partial charge in [-0.3, -0.25) is 4.55 Å². The summed E-state index contributed by atoms with van der Waals surface area (Å²) < 4.78 is 93.4. The average Bonchev–Trinajstić information content (AvgIpc) is 2.46. The van der Waals surface area contributed by atoms with Crippen molar-refractivity contribution in [3.8, 4) is 0 Å². The Balaban J connectivity index is 1.84. The molecule has 0 spiro atoms. The minimum absolute atomic E-state index is 0.284. The van der Waals surface area contributed by atoms with E-state index in [0.29, 0.717) is 25.7 Å². The fourth-order valence-electron chi connectivity index (χ4n) is 4.91. The van der Waals surface area contributed by atoms with Crippen molar-refractivity contribution < 1.29 is 44.8 Å². The van der Waals surface area contributed by atoms with Gasteiger partial charge in [-0.25, -0.2) is 9.18 Å². The molecule has 0 aliphatic heterocycles. The molecule has 25 heavy (non-hydrogen) atoms. The number of carbonyl (C=O) groups excluding carboxylic acids is 1. The first-order chi connectivity index (χ1) is 11.3. The first-order valence-corrected chi connectivity index (χ1v) is 9.26. The molecular formula is C14H18F4O6S. The molecule has 11 heteroatoms. The molecule has 6 nitrogen and oxygen atoms in total. The van der Waals surface area contributed by atoms with E-state index in [1.165, 1.54) is 0 Å². The van der Waals surface area contributed by atoms with E-state index in [-0.39, 0.29) is 17.8 Å². The number of alkyl halides is 4. The summed E-state index contributed by atoms with van der Waals surface area (Å²) in [5.74, 6) is -3.00. The monoisotopic (exact) mass is 390 g/mol. The standard InChI is InChI=1S/C14H18F4O6S/c1-23-12-4-7-2-8(5-12)10(9(3-7)6-12)24-11(19)13(15,14(16,17)18)25(20,21)22/h7-10H,2-6H2,1H3,(H,20,21,22). The molecule has 0 amide bonds. The van der Waals surface area contributed by atoms with Crippen molar-refractivity contribution in [3.05, 3.63) is 0 Å². The molecule has 4 fully saturated rings. The molecule has 1 N–H and O–H groups in total. The van der Waals surface area contributed by atoms with Crippen molar-refractivity contribution >= 4 is 16.1 Å². The molecule has 0 saturated heterocycles. The Labute approximate surface area is 141 Å². The van der Waals surface area contributed by atoms with Crippen LogP contribution in [0, 0.1) is 17.8 Å². The normalized spacial score (nSPS) is 39.9. The molecule has 0 radical (unpaired) electrons. The lowest BCUT2D eigenvalue weighted by molar-refractivity contribution is -0.235. The third-order valence-corrected chi connectivity index (χ3v) is 6.90. The van der Waals surface area contributed by atoms with Gasteiger partial charge in [-0.2, -0.15) is 21.6 Å². The van der Waals surface area contributed by atoms with Crippen LogP contribution in [0.1, 0.15) is 32.1 Å². The van der Waals surface area contributed by atoms with E-state index in [1.54, 1.807) is 7.11 Å². The van der Waals surface area contributed by atoms with Crippen LogP contribution in [0.2, 0.25) is 0 Å². The lowest BCUT2D eigenvalue weighted by Gasteiger charge is -2.58. The van der Waals surface area contributed by atoms with E-state index in [1.807, 2.05) is 0 Å². The topological polar surface area (TPSA) is 89.9 Å². The maximum Gasteiger partial charge on any atom is 0.451 e. The molecule has 4 saturated carbocycles. The fourth-order valence-corrected chi connectivity index (χ4v) is 5.46. The average molecular weight is 390 g/mol. The largest absolute Gasteiger partial charge is 0.458 e. The summed E-state index contributed by atoms with van der Waals surface area (Å²) in [6, 6.07) is 0. The van der Waals surface area contributed by atoms with Crippen LogP contribution in [0.4, 0.5) is 17.6 Å². The van der Waals surface area contributed by atoms with Crippen molar-refractivity contribution in [1.82, 2.24) is 0 Å². The summed E-state index contributed by atoms with van der Waals surface area (Å²) in [6.07, 6.45) is -4.27. The molecule has 3 unspecified atom stereocenters. The summed E-state index contributed by atoms with van der Waals surface area (Å²) >= 11 is 0. The Morgan fingerprint density at radius 3 is 2.04 bits per heavy atom. The van der Waals surface area contributed by atoms with Gasteiger partial charge in [0.1, 0.15) is 6.10 Å². The second kappa shape index (κ2) is 5.53. The highest BCUT2D eigenvalue weighted by Crippen LogP contribution is 2.58. The number of rotatable bonds is 4. The molecule has 144 valence electrons. The van der Waals surface area contributed by atoms with Crippen LogP contribution in [-0.2, 0) is 24.4 Å². The number of ether oxygens (including phenoxy) is 2. The molecule has 4 rings (SSSR count). The lowest BCUT2D eigenvalue weighted by Crippen LogP contribution is -2.61. The fraction of sp³-hybridized carbons (Fsp3) is 0.929. The molecular weight excluding hydrogens is 372 g/mol. The highest BCUT2D eigenvalue weighted by atomic mass is 32.2. The van der Waals surface area contributed by atoms with Crippen LogP contribution in [0.15, 0.2) is 0 Å². The predicted molar refractivity (Wildman–Crippen MR) is 74.6 cm³/mol. The van der Waals surface area contributed by atoms with Crippen LogP contribution >= 0.6 is 0 Å². The lowest BCUT2D eigenvalue weighted by atomic mass is 9.53. The molecule has 4 aliphatic carbocycles. The number of methoxy groups -OCH3 is 1. The Kier molecular flexibility index (Phi) is 4.16. The van der Waals surface area contributed by atoms with Crippen molar-refractivity contribution in [1.29, 1.82) is 0 Å². The SMILES string of the molecule is COC12CC3CC(C1)C(OC(=O)C(F)(C(F)(F)F)S(=O)(=O)O)C(C3)C2. The Morgan fingerprint density at radius 2 is 1.64 bits per heavy atom. The Morgan fingerprint density at radius 1 is 1.12 bits per heavy atom. The predicted octanol–water partition coefficient (Wildman–Crippen LogP) is 2.24. The minimum Gasteiger partial charge on any atom is -0.458 e. The van der Waals surface area contributed by atoms with Crippen LogP contribution < -0.4 is 0 Å². The van der Waals surface area contributed by atoms with Gasteiger partial charge in [0.2, 0.25) is 0 Å². The van der Waals surface area contributed by atoms with E-state index in [4.69, 9.17) is 14.0 Å². The first kappa shape index (κ1) is 18.8. The van der Waals surface area contributed by atoms with Crippen LogP contribution in [0.25, 0.3) is 0 Å². The van der Waals surface area contributed by atoms with E-state index in [0.717, 1.165) is 6.42 Å². The molecule has 0 aromatic carbocycles. The highest BCUT2D eigenvalue weighted by Gasteiger charge is 2.73. The molecule has 0 heterocycles. The van der Waals surface area contributed by atoms with Crippen LogP contribution in [0.3, 0.4) is 0 Å². The van der Waals surface area contributed by atoms with Gasteiger partial charge in [-0.1, -0.05) is 0 Å². The maximum absolute atomic E-state index is 14.1. The second-order valence-corrected chi connectivity index (χ2v) is 8.81. The van der Waals surface area contributed by atoms with Gasteiger partial charge in [0.15, 0.2) is 0 Å². The second-order valence-electron chi connectivity index (χ2n) is 7.30. The number of hydrogen-bond donors (Lipinski definition) is 1. The van der Waals surface area contributed by atoms with E-state index in [2.05, 4.69) is 0 Å². The van der Waals surface area contributed by atoms with Crippen molar-refractivity contribution in [3.63, 3.8) is 0 Å². The van der Waals surface area contributed by atoms with Crippen molar-refractivity contribution in [2.75, 3.05) is 7.11 Å². The minimum atomic E-state index is -6.41. The number of halogens is 4. The van der Waals surface area contributed by atoms with Gasteiger partial charge in [0.05, 0.1) is 5.60 Å². The number of carbonyl (C=O) groups is 1. The van der Waals surface area contributed by atoms with Gasteiger partial charge in [0.25, 0.3) is 0 Å². The van der Waals surface area contributed by atoms with E-state index >= 15 is 0 Å². The van der Waals surface area contributed by atoms with Crippen molar-refractivity contribution in [2.45, 2.75) is 55.0 Å². The van der Waals surface area contributed by atoms with Crippen LogP contribution in [0.5, 0.6) is 0 Å². The summed E-state index contributed by atoms with van der Waals surface area (Å²) in [6.45, 7) is 0. The zero-order chi connectivity index (χ0) is 18.8. The Hall–Kier alpha value is -0.940. The zero-order valence-corrected chi connectivity index (χ0v) is 14.1. The van der Waals surface area contributed by atoms with Crippen LogP contribution in [-0.4, -0.2) is 48.9 Å². The smallest absolute Gasteiger partial charge is 0.451 e. The van der Waals surface area contributed by atoms with Gasteiger partial charge >= 0.3 is 27.3 Å². The number of hydrogen-bond acceptors (Lipinski definition) is 5. The molecule has 4 bridgehead atoms. The van der Waals surface area contributed by atoms with E-state index in [9.17, 15) is 30.8 Å². The number of esters is 1. The summed E-state index contributed by atoms with van der Waals surface area (Å²) in [5, 5.41) is -5.49. The molecule has 0 aromatic rings. The summed E-state index contributed by atoms with van der Waals surface area (Å²) in [7, 11) is -4.86. The Bertz CT molecular complexity index is 661. The van der Waals surface area contributed by atoms with Gasteiger partial charge in [-0.05, 0) is 49.9 Å². The van der Waals surface area contributed by atoms with Crippen molar-refractivity contribution in [2.24, 2.45) is 17.8 Å². The first-order valence-electron chi connectivity index (χ1n) is 7.82. The van der Waals surface area contributed by atoms with E-state index < -0.39 is 39.0 Å². The van der Waals surface area contributed by atoms with Gasteiger partial charge in [0, 0.05) is 7.11 Å². The summed E-state index contributed by atoms with van der Waals surface area (Å²) in [5.41, 5.74) is -0.417. The molecule has 0 aromatic heterocycles. The van der Waals surface area contributed by atoms with Gasteiger partial charge in [-0.15, -0.1) is 0 Å². The quantitative estimate of drug-likeness (QED) is 0.450. The molecule has 4 aliphatic rings. The zero-order valence-electron chi connectivity index (χ0n) is 13.3. The third kappa shape index (κ3) is 2.74. The summed E-state index contributed by atoms with van der Waals surface area (Å²) in [4.78, 5) is 11.8. The van der Waals surface area contributed by atoms with Gasteiger partial charge < -0.3 is 9.47 Å². The third-order valence-electron chi connectivity index (χ3n) is 5.79. The molecule has 3 atom stereocenters.